The smallest absolute Gasteiger partial charge is 0.269 e. The monoisotopic (exact) mass is 569 g/mol. The summed E-state index contributed by atoms with van der Waals surface area (Å²) >= 11 is 7.84. The van der Waals surface area contributed by atoms with E-state index in [2.05, 4.69) is 31.9 Å². The van der Waals surface area contributed by atoms with Crippen LogP contribution in [0.3, 0.4) is 0 Å². The van der Waals surface area contributed by atoms with E-state index < -0.39 is 4.92 Å². The molecule has 8 heteroatoms. The lowest BCUT2D eigenvalue weighted by Gasteiger charge is -2.04. The summed E-state index contributed by atoms with van der Waals surface area (Å²) < 4.78 is 1.71. The number of nitro benzene ring substituents is 1. The van der Waals surface area contributed by atoms with E-state index >= 15 is 0 Å². The molecule has 0 aliphatic carbocycles. The van der Waals surface area contributed by atoms with Crippen LogP contribution in [0.15, 0.2) is 87.8 Å². The van der Waals surface area contributed by atoms with Gasteiger partial charge in [-0.3, -0.25) is 19.7 Å². The first-order valence-electron chi connectivity index (χ1n) is 9.32. The van der Waals surface area contributed by atoms with Crippen molar-refractivity contribution in [1.82, 2.24) is 0 Å². The number of nitro groups is 1. The fourth-order valence-electron chi connectivity index (χ4n) is 3.12. The van der Waals surface area contributed by atoms with Crippen molar-refractivity contribution in [3.05, 3.63) is 119 Å². The predicted molar refractivity (Wildman–Crippen MR) is 132 cm³/mol. The summed E-state index contributed by atoms with van der Waals surface area (Å²) in [4.78, 5) is 37.8. The SMILES string of the molecule is O=C(c1ccc(Br)cc1)c1cc(-c2ccc([N+](=O)[O-])cc2)c(C(=O)c2ccc(Br)cc2)s1. The Hall–Kier alpha value is -2.94. The molecule has 5 nitrogen and oxygen atoms in total. The van der Waals surface area contributed by atoms with Crippen LogP contribution < -0.4 is 0 Å². The van der Waals surface area contributed by atoms with E-state index in [0.717, 1.165) is 20.3 Å². The minimum Gasteiger partial charge on any atom is -0.288 e. The first-order chi connectivity index (χ1) is 15.3. The van der Waals surface area contributed by atoms with Crippen molar-refractivity contribution in [1.29, 1.82) is 0 Å². The second kappa shape index (κ2) is 9.28. The lowest BCUT2D eigenvalue weighted by molar-refractivity contribution is -0.384. The molecule has 0 amide bonds. The molecule has 0 N–H and O–H groups in total. The number of hydrogen-bond donors (Lipinski definition) is 0. The van der Waals surface area contributed by atoms with Crippen LogP contribution in [0.2, 0.25) is 0 Å². The highest BCUT2D eigenvalue weighted by molar-refractivity contribution is 9.10. The summed E-state index contributed by atoms with van der Waals surface area (Å²) in [6.07, 6.45) is 0. The van der Waals surface area contributed by atoms with Gasteiger partial charge in [-0.15, -0.1) is 11.3 Å². The zero-order chi connectivity index (χ0) is 22.8. The lowest BCUT2D eigenvalue weighted by atomic mass is 10.00. The van der Waals surface area contributed by atoms with Crippen LogP contribution >= 0.6 is 43.2 Å². The highest BCUT2D eigenvalue weighted by Gasteiger charge is 2.23. The van der Waals surface area contributed by atoms with Gasteiger partial charge in [-0.1, -0.05) is 31.9 Å². The molecule has 4 rings (SSSR count). The maximum Gasteiger partial charge on any atom is 0.269 e. The molecular formula is C24H13Br2NO4S. The Bertz CT molecular complexity index is 1330. The predicted octanol–water partition coefficient (Wildman–Crippen LogP) is 7.31. The Morgan fingerprint density at radius 1 is 0.750 bits per heavy atom. The summed E-state index contributed by atoms with van der Waals surface area (Å²) in [6, 6.07) is 21.6. The Morgan fingerprint density at radius 3 is 1.75 bits per heavy atom. The van der Waals surface area contributed by atoms with Crippen LogP contribution in [0.1, 0.15) is 30.5 Å². The van der Waals surface area contributed by atoms with Crippen LogP contribution in [-0.4, -0.2) is 16.5 Å². The van der Waals surface area contributed by atoms with Crippen LogP contribution in [0.4, 0.5) is 5.69 Å². The number of halogens is 2. The first-order valence-corrected chi connectivity index (χ1v) is 11.7. The maximum absolute atomic E-state index is 13.3. The van der Waals surface area contributed by atoms with Gasteiger partial charge in [0.25, 0.3) is 5.69 Å². The summed E-state index contributed by atoms with van der Waals surface area (Å²) in [5.41, 5.74) is 2.14. The third kappa shape index (κ3) is 4.62. The zero-order valence-corrected chi connectivity index (χ0v) is 20.2. The standard InChI is InChI=1S/C24H13Br2NO4S/c25-17-7-1-15(2-8-17)22(28)21-13-20(14-5-11-19(12-6-14)27(30)31)24(32-21)23(29)16-3-9-18(26)10-4-16/h1-13H. The summed E-state index contributed by atoms with van der Waals surface area (Å²) in [5.74, 6) is -0.411. The largest absolute Gasteiger partial charge is 0.288 e. The van der Waals surface area contributed by atoms with Gasteiger partial charge in [-0.2, -0.15) is 0 Å². The Labute approximate surface area is 204 Å². The van der Waals surface area contributed by atoms with Gasteiger partial charge in [-0.25, -0.2) is 0 Å². The summed E-state index contributed by atoms with van der Waals surface area (Å²) in [6.45, 7) is 0. The average molecular weight is 571 g/mol. The lowest BCUT2D eigenvalue weighted by Crippen LogP contribution is -2.00. The normalized spacial score (nSPS) is 10.7. The van der Waals surface area contributed by atoms with Crippen molar-refractivity contribution in [3.63, 3.8) is 0 Å². The molecule has 158 valence electrons. The van der Waals surface area contributed by atoms with E-state index in [9.17, 15) is 19.7 Å². The number of ketones is 2. The van der Waals surface area contributed by atoms with Crippen molar-refractivity contribution in [2.24, 2.45) is 0 Å². The molecule has 0 aliphatic rings. The van der Waals surface area contributed by atoms with Crippen molar-refractivity contribution in [2.75, 3.05) is 0 Å². The highest BCUT2D eigenvalue weighted by Crippen LogP contribution is 2.35. The van der Waals surface area contributed by atoms with E-state index in [4.69, 9.17) is 0 Å². The van der Waals surface area contributed by atoms with Crippen LogP contribution in [-0.2, 0) is 0 Å². The van der Waals surface area contributed by atoms with Crippen LogP contribution in [0.25, 0.3) is 11.1 Å². The molecule has 0 atom stereocenters. The third-order valence-electron chi connectivity index (χ3n) is 4.76. The van der Waals surface area contributed by atoms with E-state index in [0.29, 0.717) is 32.0 Å². The third-order valence-corrected chi connectivity index (χ3v) is 6.95. The number of carbonyl (C=O) groups is 2. The topological polar surface area (TPSA) is 77.3 Å². The summed E-state index contributed by atoms with van der Waals surface area (Å²) in [5, 5.41) is 11.0. The number of hydrogen-bond acceptors (Lipinski definition) is 5. The van der Waals surface area contributed by atoms with Gasteiger partial charge in [0.2, 0.25) is 11.6 Å². The van der Waals surface area contributed by atoms with Gasteiger partial charge in [0.1, 0.15) is 0 Å². The number of benzene rings is 3. The molecule has 0 fully saturated rings. The molecule has 3 aromatic carbocycles. The van der Waals surface area contributed by atoms with Crippen LogP contribution in [0.5, 0.6) is 0 Å². The molecule has 0 saturated carbocycles. The minimum atomic E-state index is -0.478. The van der Waals surface area contributed by atoms with Gasteiger partial charge in [0, 0.05) is 37.8 Å². The van der Waals surface area contributed by atoms with E-state index in [1.165, 1.54) is 12.1 Å². The van der Waals surface area contributed by atoms with Gasteiger partial charge >= 0.3 is 0 Å². The second-order valence-corrected chi connectivity index (χ2v) is 9.71. The van der Waals surface area contributed by atoms with Gasteiger partial charge < -0.3 is 0 Å². The van der Waals surface area contributed by atoms with Gasteiger partial charge in [-0.05, 0) is 72.3 Å². The molecule has 0 radical (unpaired) electrons. The fraction of sp³-hybridized carbons (Fsp3) is 0. The van der Waals surface area contributed by atoms with Crippen molar-refractivity contribution in [2.45, 2.75) is 0 Å². The number of carbonyl (C=O) groups excluding carboxylic acids is 2. The Balaban J connectivity index is 1.81. The highest BCUT2D eigenvalue weighted by atomic mass is 79.9. The number of rotatable bonds is 6. The number of thiophene rings is 1. The molecule has 32 heavy (non-hydrogen) atoms. The van der Waals surface area contributed by atoms with Crippen molar-refractivity contribution in [3.8, 4) is 11.1 Å². The number of nitrogens with zero attached hydrogens (tertiary/aromatic N) is 1. The quantitative estimate of drug-likeness (QED) is 0.138. The molecule has 4 aromatic rings. The Kier molecular flexibility index (Phi) is 6.45. The molecule has 1 heterocycles. The second-order valence-electron chi connectivity index (χ2n) is 6.83. The molecular weight excluding hydrogens is 558 g/mol. The zero-order valence-electron chi connectivity index (χ0n) is 16.2. The van der Waals surface area contributed by atoms with Crippen LogP contribution in [0, 0.1) is 10.1 Å². The number of non-ortho nitro benzene ring substituents is 1. The molecule has 0 unspecified atom stereocenters. The molecule has 0 aliphatic heterocycles. The molecule has 1 aromatic heterocycles. The minimum absolute atomic E-state index is 0.0454. The summed E-state index contributed by atoms with van der Waals surface area (Å²) in [7, 11) is 0. The van der Waals surface area contributed by atoms with Crippen molar-refractivity contribution < 1.29 is 14.5 Å². The molecule has 0 saturated heterocycles. The van der Waals surface area contributed by atoms with E-state index in [1.54, 1.807) is 66.7 Å². The van der Waals surface area contributed by atoms with Crippen molar-refractivity contribution >= 4 is 60.5 Å². The molecule has 0 bridgehead atoms. The average Bonchev–Trinajstić information content (AvgIpc) is 3.24. The van der Waals surface area contributed by atoms with Gasteiger partial charge in [0.15, 0.2) is 0 Å². The Morgan fingerprint density at radius 2 is 1.25 bits per heavy atom. The first kappa shape index (κ1) is 22.3. The van der Waals surface area contributed by atoms with E-state index in [1.807, 2.05) is 0 Å². The molecule has 0 spiro atoms. The maximum atomic E-state index is 13.3. The fourth-order valence-corrected chi connectivity index (χ4v) is 4.76. The van der Waals surface area contributed by atoms with E-state index in [-0.39, 0.29) is 17.3 Å². The van der Waals surface area contributed by atoms with Gasteiger partial charge in [0.05, 0.1) is 14.7 Å².